The average molecular weight is 438 g/mol. The van der Waals surface area contributed by atoms with E-state index < -0.39 is 16.3 Å². The summed E-state index contributed by atoms with van der Waals surface area (Å²) in [7, 11) is -2.79. The summed E-state index contributed by atoms with van der Waals surface area (Å²) in [6.07, 6.45) is 5.99. The number of anilines is 1. The minimum absolute atomic E-state index is 0.0264. The molecule has 9 heteroatoms. The Morgan fingerprint density at radius 1 is 1.21 bits per heavy atom. The molecule has 5 fully saturated rings. The molecule has 2 unspecified atom stereocenters. The Morgan fingerprint density at radius 2 is 1.90 bits per heavy atom. The minimum Gasteiger partial charge on any atom is -0.369 e. The molecule has 0 spiro atoms. The summed E-state index contributed by atoms with van der Waals surface area (Å²) in [6.45, 7) is 0.202. The van der Waals surface area contributed by atoms with Crippen molar-refractivity contribution in [2.75, 3.05) is 10.8 Å². The quantitative estimate of drug-likeness (QED) is 0.564. The summed E-state index contributed by atoms with van der Waals surface area (Å²) in [5, 5.41) is 5.79. The van der Waals surface area contributed by atoms with E-state index in [1.807, 2.05) is 11.4 Å². The van der Waals surface area contributed by atoms with Crippen molar-refractivity contribution in [1.82, 2.24) is 5.32 Å². The van der Waals surface area contributed by atoms with Gasteiger partial charge in [-0.2, -0.15) is 0 Å². The number of hydrogen-bond donors (Lipinski definition) is 3. The fourth-order valence-electron chi connectivity index (χ4n) is 6.39. The van der Waals surface area contributed by atoms with Gasteiger partial charge in [-0.05, 0) is 80.2 Å². The number of thiophene rings is 1. The van der Waals surface area contributed by atoms with Crippen molar-refractivity contribution in [2.45, 2.75) is 51.0 Å². The van der Waals surface area contributed by atoms with Crippen LogP contribution < -0.4 is 15.4 Å². The number of nitrogens with zero attached hydrogens (tertiary/aromatic N) is 1. The Hall–Kier alpha value is -1.61. The number of thiol groups is 1. The van der Waals surface area contributed by atoms with E-state index in [1.165, 1.54) is 15.6 Å². The number of nitrogens with one attached hydrogen (secondary N) is 1. The van der Waals surface area contributed by atoms with Crippen LogP contribution in [-0.2, 0) is 20.5 Å². The second kappa shape index (κ2) is 6.70. The molecule has 7 nitrogen and oxygen atoms in total. The van der Waals surface area contributed by atoms with E-state index in [0.29, 0.717) is 35.6 Å². The summed E-state index contributed by atoms with van der Waals surface area (Å²) in [6, 6.07) is 3.67. The largest absolute Gasteiger partial charge is 0.369 e. The second-order valence-corrected chi connectivity index (χ2v) is 11.5. The zero-order valence-electron chi connectivity index (χ0n) is 16.2. The van der Waals surface area contributed by atoms with Crippen molar-refractivity contribution < 1.29 is 18.0 Å². The van der Waals surface area contributed by atoms with Gasteiger partial charge in [0.05, 0.1) is 5.41 Å². The third-order valence-corrected chi connectivity index (χ3v) is 9.62. The van der Waals surface area contributed by atoms with Crippen LogP contribution in [0.15, 0.2) is 17.5 Å². The molecule has 1 aromatic heterocycles. The van der Waals surface area contributed by atoms with Gasteiger partial charge in [-0.1, -0.05) is 0 Å². The van der Waals surface area contributed by atoms with Crippen molar-refractivity contribution in [3.63, 3.8) is 0 Å². The van der Waals surface area contributed by atoms with Gasteiger partial charge in [0.2, 0.25) is 22.7 Å². The molecule has 6 rings (SSSR count). The van der Waals surface area contributed by atoms with Crippen LogP contribution in [0.3, 0.4) is 0 Å². The number of nitrogens with two attached hydrogens (primary N) is 1. The lowest BCUT2D eigenvalue weighted by Crippen LogP contribution is -2.62. The monoisotopic (exact) mass is 437 g/mol. The summed E-state index contributed by atoms with van der Waals surface area (Å²) < 4.78 is 25.0. The molecule has 0 aliphatic heterocycles. The van der Waals surface area contributed by atoms with E-state index in [9.17, 15) is 18.0 Å². The van der Waals surface area contributed by atoms with E-state index in [2.05, 4.69) is 5.32 Å². The number of rotatable bonds is 7. The predicted molar refractivity (Wildman–Crippen MR) is 111 cm³/mol. The first-order valence-corrected chi connectivity index (χ1v) is 12.4. The van der Waals surface area contributed by atoms with Gasteiger partial charge in [0.1, 0.15) is 5.00 Å². The molecule has 0 radical (unpaired) electrons. The molecule has 2 atom stereocenters. The number of amides is 2. The van der Waals surface area contributed by atoms with Crippen molar-refractivity contribution in [3.05, 3.63) is 17.5 Å². The number of carbonyl (C=O) groups excluding carboxylic acids is 2. The third kappa shape index (κ3) is 3.17. The van der Waals surface area contributed by atoms with Gasteiger partial charge in [-0.3, -0.25) is 13.9 Å². The predicted octanol–water partition coefficient (Wildman–Crippen LogP) is 1.66. The van der Waals surface area contributed by atoms with Crippen molar-refractivity contribution >= 4 is 39.0 Å². The zero-order valence-corrected chi connectivity index (χ0v) is 17.9. The normalized spacial score (nSPS) is 36.2. The van der Waals surface area contributed by atoms with E-state index in [1.54, 1.807) is 6.07 Å². The lowest BCUT2D eigenvalue weighted by molar-refractivity contribution is -0.148. The van der Waals surface area contributed by atoms with Gasteiger partial charge < -0.3 is 11.1 Å². The Labute approximate surface area is 176 Å². The molecule has 5 saturated carbocycles. The maximum Gasteiger partial charge on any atom is 0.228 e. The maximum absolute atomic E-state index is 13.2. The van der Waals surface area contributed by atoms with Crippen LogP contribution in [0.1, 0.15) is 44.9 Å². The van der Waals surface area contributed by atoms with E-state index in [0.717, 1.165) is 32.1 Å². The maximum atomic E-state index is 13.2. The molecule has 2 amide bonds. The Kier molecular flexibility index (Phi) is 4.47. The zero-order chi connectivity index (χ0) is 20.4. The van der Waals surface area contributed by atoms with Crippen molar-refractivity contribution in [1.29, 1.82) is 0 Å². The highest BCUT2D eigenvalue weighted by molar-refractivity contribution is 7.74. The molecule has 158 valence electrons. The highest BCUT2D eigenvalue weighted by Gasteiger charge is 2.59. The number of carbonyl (C=O) groups is 2. The van der Waals surface area contributed by atoms with Crippen LogP contribution in [0.2, 0.25) is 0 Å². The molecule has 29 heavy (non-hydrogen) atoms. The topological polar surface area (TPSA) is 110 Å². The highest BCUT2D eigenvalue weighted by atomic mass is 32.2. The van der Waals surface area contributed by atoms with Crippen LogP contribution in [0.5, 0.6) is 0 Å². The first-order valence-electron chi connectivity index (χ1n) is 10.4. The molecule has 1 aromatic rings. The average Bonchev–Trinajstić information content (AvgIpc) is 3.26. The molecule has 0 saturated heterocycles. The summed E-state index contributed by atoms with van der Waals surface area (Å²) in [5.74, 6) is 0.950. The molecule has 4 bridgehead atoms. The second-order valence-electron chi connectivity index (χ2n) is 9.64. The van der Waals surface area contributed by atoms with E-state index in [4.69, 9.17) is 5.73 Å². The Bertz CT molecular complexity index is 885. The Morgan fingerprint density at radius 3 is 2.41 bits per heavy atom. The number of hydrogen-bond acceptors (Lipinski definition) is 5. The Balaban J connectivity index is 1.30. The van der Waals surface area contributed by atoms with Crippen LogP contribution in [0.4, 0.5) is 5.00 Å². The van der Waals surface area contributed by atoms with Crippen LogP contribution in [-0.4, -0.2) is 32.8 Å². The molecule has 5 aliphatic rings. The smallest absolute Gasteiger partial charge is 0.228 e. The SMILES string of the molecule is NC(=O)C12CC3CC(C1)C(NC(=O)C1(CN(c4cccs4)[SH](=O)=O)CC1)C(C3)C2. The lowest BCUT2D eigenvalue weighted by Gasteiger charge is -2.59. The van der Waals surface area contributed by atoms with Gasteiger partial charge in [-0.15, -0.1) is 11.3 Å². The standard InChI is InChI=1S/C20H27N3O4S2/c21-17(24)20-8-12-6-13(9-20)16(14(7-12)10-20)22-18(25)19(3-4-19)11-23(29(26)27)15-2-1-5-28-15/h1-2,5,12-14,16,29H,3-4,6-11H2,(H2,21,24)(H,22,25). The summed E-state index contributed by atoms with van der Waals surface area (Å²) in [5.41, 5.74) is 4.76. The molecule has 1 heterocycles. The van der Waals surface area contributed by atoms with Gasteiger partial charge in [0, 0.05) is 18.0 Å². The molecule has 0 aromatic carbocycles. The molecule has 3 N–H and O–H groups in total. The van der Waals surface area contributed by atoms with E-state index >= 15 is 0 Å². The first-order chi connectivity index (χ1) is 13.8. The van der Waals surface area contributed by atoms with Gasteiger partial charge >= 0.3 is 0 Å². The molecular formula is C20H27N3O4S2. The number of primary amides is 1. The first kappa shape index (κ1) is 19.4. The third-order valence-electron chi connectivity index (χ3n) is 7.84. The summed E-state index contributed by atoms with van der Waals surface area (Å²) in [4.78, 5) is 25.4. The van der Waals surface area contributed by atoms with Crippen LogP contribution in [0, 0.1) is 28.6 Å². The fourth-order valence-corrected chi connectivity index (χ4v) is 7.99. The minimum atomic E-state index is -2.79. The van der Waals surface area contributed by atoms with Crippen molar-refractivity contribution in [3.8, 4) is 0 Å². The fraction of sp³-hybridized carbons (Fsp3) is 0.700. The molecule has 5 aliphatic carbocycles. The molecular weight excluding hydrogens is 410 g/mol. The van der Waals surface area contributed by atoms with Crippen LogP contribution >= 0.6 is 11.3 Å². The summed E-state index contributed by atoms with van der Waals surface area (Å²) >= 11 is 1.36. The van der Waals surface area contributed by atoms with Gasteiger partial charge in [0.15, 0.2) is 0 Å². The highest BCUT2D eigenvalue weighted by Crippen LogP contribution is 2.60. The van der Waals surface area contributed by atoms with Gasteiger partial charge in [0.25, 0.3) is 0 Å². The van der Waals surface area contributed by atoms with Gasteiger partial charge in [-0.25, -0.2) is 8.42 Å². The van der Waals surface area contributed by atoms with Crippen molar-refractivity contribution in [2.24, 2.45) is 34.3 Å². The van der Waals surface area contributed by atoms with Crippen LogP contribution in [0.25, 0.3) is 0 Å². The lowest BCUT2D eigenvalue weighted by atomic mass is 9.47. The van der Waals surface area contributed by atoms with E-state index in [-0.39, 0.29) is 29.8 Å².